The van der Waals surface area contributed by atoms with E-state index in [1.807, 2.05) is 18.2 Å². The Morgan fingerprint density at radius 3 is 2.59 bits per heavy atom. The molecule has 1 nitrogen and oxygen atoms in total. The minimum absolute atomic E-state index is 0.147. The molecule has 1 aromatic carbocycles. The fourth-order valence-electron chi connectivity index (χ4n) is 1.49. The molecular formula is C12H9Br2ClOS. The first-order valence-electron chi connectivity index (χ1n) is 4.83. The number of hydrogen-bond donors (Lipinski definition) is 0. The maximum atomic E-state index is 6.11. The quantitative estimate of drug-likeness (QED) is 0.609. The van der Waals surface area contributed by atoms with Crippen LogP contribution in [-0.4, -0.2) is 7.11 Å². The van der Waals surface area contributed by atoms with Crippen LogP contribution in [0.2, 0.25) is 5.02 Å². The third-order valence-electron chi connectivity index (χ3n) is 2.35. The summed E-state index contributed by atoms with van der Waals surface area (Å²) in [4.78, 5) is 0.147. The minimum Gasteiger partial charge on any atom is -0.495 e. The lowest BCUT2D eigenvalue weighted by molar-refractivity contribution is 0.415. The molecule has 0 N–H and O–H groups in total. The molecule has 0 aliphatic carbocycles. The lowest BCUT2D eigenvalue weighted by Crippen LogP contribution is -1.92. The molecule has 0 bridgehead atoms. The SMILES string of the molecule is COc1ccc(C(Br)c2csc(Br)c2)cc1Cl. The Hall–Kier alpha value is -0.0300. The van der Waals surface area contributed by atoms with Crippen molar-refractivity contribution >= 4 is 54.8 Å². The number of benzene rings is 1. The summed E-state index contributed by atoms with van der Waals surface area (Å²) >= 11 is 14.9. The van der Waals surface area contributed by atoms with Crippen molar-refractivity contribution in [1.29, 1.82) is 0 Å². The summed E-state index contributed by atoms with van der Waals surface area (Å²) in [5.41, 5.74) is 2.32. The van der Waals surface area contributed by atoms with E-state index < -0.39 is 0 Å². The van der Waals surface area contributed by atoms with Crippen LogP contribution < -0.4 is 4.74 Å². The van der Waals surface area contributed by atoms with Gasteiger partial charge in [-0.25, -0.2) is 0 Å². The number of ether oxygens (including phenoxy) is 1. The van der Waals surface area contributed by atoms with Crippen molar-refractivity contribution in [2.24, 2.45) is 0 Å². The van der Waals surface area contributed by atoms with Gasteiger partial charge in [-0.2, -0.15) is 0 Å². The second kappa shape index (κ2) is 5.74. The molecule has 1 aromatic heterocycles. The van der Waals surface area contributed by atoms with Crippen LogP contribution in [0.3, 0.4) is 0 Å². The average molecular weight is 397 g/mol. The Labute approximate surface area is 126 Å². The fraction of sp³-hybridized carbons (Fsp3) is 0.167. The van der Waals surface area contributed by atoms with Crippen LogP contribution in [-0.2, 0) is 0 Å². The van der Waals surface area contributed by atoms with Crippen molar-refractivity contribution in [3.8, 4) is 5.75 Å². The van der Waals surface area contributed by atoms with Crippen molar-refractivity contribution in [1.82, 2.24) is 0 Å². The van der Waals surface area contributed by atoms with E-state index in [4.69, 9.17) is 16.3 Å². The lowest BCUT2D eigenvalue weighted by Gasteiger charge is -2.10. The Bertz CT molecular complexity index is 527. The molecular weight excluding hydrogens is 387 g/mol. The predicted octanol–water partition coefficient (Wildman–Crippen LogP) is 5.66. The standard InChI is InChI=1S/C12H9Br2ClOS/c1-16-10-3-2-7(4-9(10)15)12(14)8-5-11(13)17-6-8/h2-6,12H,1H3. The molecule has 1 atom stereocenters. The van der Waals surface area contributed by atoms with Crippen molar-refractivity contribution in [2.45, 2.75) is 4.83 Å². The second-order valence-electron chi connectivity index (χ2n) is 3.44. The maximum Gasteiger partial charge on any atom is 0.137 e. The van der Waals surface area contributed by atoms with Crippen LogP contribution in [0.5, 0.6) is 5.75 Å². The highest BCUT2D eigenvalue weighted by Gasteiger charge is 2.13. The fourth-order valence-corrected chi connectivity index (χ4v) is 3.68. The van der Waals surface area contributed by atoms with Gasteiger partial charge < -0.3 is 4.74 Å². The molecule has 2 aromatic rings. The van der Waals surface area contributed by atoms with Crippen molar-refractivity contribution in [3.63, 3.8) is 0 Å². The summed E-state index contributed by atoms with van der Waals surface area (Å²) in [7, 11) is 1.61. The van der Waals surface area contributed by atoms with Gasteiger partial charge in [-0.1, -0.05) is 33.6 Å². The van der Waals surface area contributed by atoms with Gasteiger partial charge in [-0.05, 0) is 50.6 Å². The topological polar surface area (TPSA) is 9.23 Å². The second-order valence-corrected chi connectivity index (χ2v) is 7.05. The van der Waals surface area contributed by atoms with Gasteiger partial charge in [-0.15, -0.1) is 11.3 Å². The van der Waals surface area contributed by atoms with Gasteiger partial charge in [0.1, 0.15) is 5.75 Å². The summed E-state index contributed by atoms with van der Waals surface area (Å²) in [5.74, 6) is 0.696. The molecule has 1 unspecified atom stereocenters. The molecule has 0 saturated carbocycles. The van der Waals surface area contributed by atoms with E-state index >= 15 is 0 Å². The maximum absolute atomic E-state index is 6.11. The highest BCUT2D eigenvalue weighted by Crippen LogP contribution is 2.37. The van der Waals surface area contributed by atoms with Crippen LogP contribution >= 0.6 is 54.8 Å². The molecule has 0 aliphatic rings. The zero-order valence-electron chi connectivity index (χ0n) is 8.91. The first-order chi connectivity index (χ1) is 8.11. The molecule has 0 amide bonds. The molecule has 0 aliphatic heterocycles. The van der Waals surface area contributed by atoms with Gasteiger partial charge >= 0.3 is 0 Å². The number of rotatable bonds is 3. The van der Waals surface area contributed by atoms with Gasteiger partial charge in [0.2, 0.25) is 0 Å². The van der Waals surface area contributed by atoms with Gasteiger partial charge in [-0.3, -0.25) is 0 Å². The van der Waals surface area contributed by atoms with Crippen molar-refractivity contribution in [2.75, 3.05) is 7.11 Å². The molecule has 90 valence electrons. The number of methoxy groups -OCH3 is 1. The highest BCUT2D eigenvalue weighted by molar-refractivity contribution is 9.11. The molecule has 2 rings (SSSR count). The highest BCUT2D eigenvalue weighted by atomic mass is 79.9. The van der Waals surface area contributed by atoms with E-state index in [1.54, 1.807) is 18.4 Å². The van der Waals surface area contributed by atoms with E-state index in [1.165, 1.54) is 5.56 Å². The molecule has 17 heavy (non-hydrogen) atoms. The Morgan fingerprint density at radius 1 is 1.29 bits per heavy atom. The Balaban J connectivity index is 2.31. The first-order valence-corrected chi connectivity index (χ1v) is 7.80. The molecule has 1 heterocycles. The van der Waals surface area contributed by atoms with Crippen molar-refractivity contribution in [3.05, 3.63) is 49.6 Å². The summed E-state index contributed by atoms with van der Waals surface area (Å²) < 4.78 is 6.26. The molecule has 0 saturated heterocycles. The third kappa shape index (κ3) is 3.05. The zero-order valence-corrected chi connectivity index (χ0v) is 13.7. The van der Waals surface area contributed by atoms with E-state index in [-0.39, 0.29) is 4.83 Å². The van der Waals surface area contributed by atoms with Crippen LogP contribution in [0.15, 0.2) is 33.4 Å². The summed E-state index contributed by atoms with van der Waals surface area (Å²) in [6, 6.07) is 7.91. The summed E-state index contributed by atoms with van der Waals surface area (Å²) in [6.07, 6.45) is 0. The van der Waals surface area contributed by atoms with Gasteiger partial charge in [0.25, 0.3) is 0 Å². The third-order valence-corrected chi connectivity index (χ3v) is 5.22. The molecule has 5 heteroatoms. The Morgan fingerprint density at radius 2 is 2.06 bits per heavy atom. The molecule has 0 spiro atoms. The van der Waals surface area contributed by atoms with Gasteiger partial charge in [0, 0.05) is 0 Å². The van der Waals surface area contributed by atoms with Crippen molar-refractivity contribution < 1.29 is 4.74 Å². The van der Waals surface area contributed by atoms with Crippen LogP contribution in [0.1, 0.15) is 16.0 Å². The average Bonchev–Trinajstić information content (AvgIpc) is 2.75. The number of hydrogen-bond acceptors (Lipinski definition) is 2. The summed E-state index contributed by atoms with van der Waals surface area (Å²) in [5, 5.41) is 2.74. The van der Waals surface area contributed by atoms with E-state index in [9.17, 15) is 0 Å². The molecule has 0 fully saturated rings. The van der Waals surface area contributed by atoms with Crippen LogP contribution in [0.4, 0.5) is 0 Å². The number of alkyl halides is 1. The van der Waals surface area contributed by atoms with E-state index in [0.717, 1.165) is 9.35 Å². The summed E-state index contributed by atoms with van der Waals surface area (Å²) in [6.45, 7) is 0. The van der Waals surface area contributed by atoms with Gasteiger partial charge in [0.15, 0.2) is 0 Å². The lowest BCUT2D eigenvalue weighted by atomic mass is 10.1. The number of halogens is 3. The molecule has 0 radical (unpaired) electrons. The largest absolute Gasteiger partial charge is 0.495 e. The number of thiophene rings is 1. The predicted molar refractivity (Wildman–Crippen MR) is 80.8 cm³/mol. The minimum atomic E-state index is 0.147. The monoisotopic (exact) mass is 394 g/mol. The first kappa shape index (κ1) is 13.4. The van der Waals surface area contributed by atoms with Crippen LogP contribution in [0.25, 0.3) is 0 Å². The smallest absolute Gasteiger partial charge is 0.137 e. The van der Waals surface area contributed by atoms with E-state index in [2.05, 4.69) is 43.3 Å². The zero-order chi connectivity index (χ0) is 12.4. The van der Waals surface area contributed by atoms with Gasteiger partial charge in [0.05, 0.1) is 20.7 Å². The normalized spacial score (nSPS) is 12.5. The Kier molecular flexibility index (Phi) is 4.53. The van der Waals surface area contributed by atoms with E-state index in [0.29, 0.717) is 10.8 Å². The van der Waals surface area contributed by atoms with Crippen LogP contribution in [0, 0.1) is 0 Å².